The lowest BCUT2D eigenvalue weighted by molar-refractivity contribution is 0.606. The third-order valence-corrected chi connectivity index (χ3v) is 2.29. The van der Waals surface area contributed by atoms with Gasteiger partial charge in [-0.15, -0.1) is 0 Å². The van der Waals surface area contributed by atoms with E-state index in [4.69, 9.17) is 17.3 Å². The largest absolute Gasteiger partial charge is 0.277 e. The third kappa shape index (κ3) is 1.94. The number of nitrogens with zero attached hydrogens (tertiary/aromatic N) is 2. The van der Waals surface area contributed by atoms with Gasteiger partial charge in [-0.3, -0.25) is 0 Å². The Balaban J connectivity index is 3.32. The van der Waals surface area contributed by atoms with Crippen molar-refractivity contribution >= 4 is 25.4 Å². The van der Waals surface area contributed by atoms with Crippen LogP contribution in [0.2, 0.25) is 0 Å². The molecule has 1 heterocycles. The van der Waals surface area contributed by atoms with E-state index in [1.165, 1.54) is 12.3 Å². The predicted molar refractivity (Wildman–Crippen MR) is 43.5 cm³/mol. The molecule has 1 aromatic rings. The van der Waals surface area contributed by atoms with Crippen LogP contribution in [-0.4, -0.2) is 13.4 Å². The fourth-order valence-corrected chi connectivity index (χ4v) is 1.30. The van der Waals surface area contributed by atoms with Crippen molar-refractivity contribution in [3.05, 3.63) is 29.7 Å². The first-order chi connectivity index (χ1) is 5.54. The van der Waals surface area contributed by atoms with Crippen molar-refractivity contribution in [2.75, 3.05) is 0 Å². The first-order valence-electron chi connectivity index (χ1n) is 2.82. The molecule has 0 spiro atoms. The van der Waals surface area contributed by atoms with E-state index < -0.39 is 9.05 Å². The summed E-state index contributed by atoms with van der Waals surface area (Å²) in [6.45, 7) is 6.60. The maximum atomic E-state index is 10.7. The summed E-state index contributed by atoms with van der Waals surface area (Å²) in [6, 6.07) is 2.52. The van der Waals surface area contributed by atoms with Crippen LogP contribution in [0.15, 0.2) is 23.4 Å². The van der Waals surface area contributed by atoms with Gasteiger partial charge in [0.05, 0.1) is 6.57 Å². The van der Waals surface area contributed by atoms with Gasteiger partial charge in [-0.2, -0.15) is 0 Å². The van der Waals surface area contributed by atoms with E-state index in [0.717, 1.165) is 6.07 Å². The van der Waals surface area contributed by atoms with Gasteiger partial charge in [-0.05, 0) is 12.1 Å². The first-order valence-corrected chi connectivity index (χ1v) is 5.13. The van der Waals surface area contributed by atoms with Gasteiger partial charge in [0, 0.05) is 16.9 Å². The van der Waals surface area contributed by atoms with E-state index in [1.807, 2.05) is 0 Å². The lowest BCUT2D eigenvalue weighted by Gasteiger charge is -1.93. The van der Waals surface area contributed by atoms with Crippen LogP contribution in [0.1, 0.15) is 0 Å². The Labute approximate surface area is 74.1 Å². The van der Waals surface area contributed by atoms with Crippen LogP contribution in [0, 0.1) is 6.57 Å². The Morgan fingerprint density at radius 3 is 2.75 bits per heavy atom. The number of rotatable bonds is 1. The molecule has 1 rings (SSSR count). The van der Waals surface area contributed by atoms with Crippen molar-refractivity contribution in [3.63, 3.8) is 0 Å². The Hall–Kier alpha value is -1.12. The van der Waals surface area contributed by atoms with E-state index in [0.29, 0.717) is 0 Å². The van der Waals surface area contributed by atoms with Gasteiger partial charge >= 0.3 is 0 Å². The molecule has 0 bridgehead atoms. The van der Waals surface area contributed by atoms with Gasteiger partial charge in [0.15, 0.2) is 10.7 Å². The molecule has 0 radical (unpaired) electrons. The average molecular weight is 203 g/mol. The topological polar surface area (TPSA) is 51.4 Å². The summed E-state index contributed by atoms with van der Waals surface area (Å²) >= 11 is 0. The number of hydrogen-bond acceptors (Lipinski definition) is 3. The van der Waals surface area contributed by atoms with E-state index in [2.05, 4.69) is 9.83 Å². The monoisotopic (exact) mass is 202 g/mol. The standard InChI is InChI=1S/C6H3ClN2O2S/c1-8-5-2-3-9-6(4-5)12(7,10)11/h2-4H. The molecule has 0 N–H and O–H groups in total. The molecule has 1 aromatic heterocycles. The van der Waals surface area contributed by atoms with E-state index in [9.17, 15) is 8.42 Å². The minimum absolute atomic E-state index is 0.198. The quantitative estimate of drug-likeness (QED) is 0.513. The first kappa shape index (κ1) is 8.97. The van der Waals surface area contributed by atoms with Crippen LogP contribution in [0.4, 0.5) is 5.69 Å². The highest BCUT2D eigenvalue weighted by atomic mass is 35.7. The summed E-state index contributed by atoms with van der Waals surface area (Å²) in [5.74, 6) is 0. The molecule has 6 heteroatoms. The number of pyridine rings is 1. The molecule has 0 aliphatic carbocycles. The Morgan fingerprint density at radius 1 is 1.58 bits per heavy atom. The second-order valence-corrected chi connectivity index (χ2v) is 4.41. The van der Waals surface area contributed by atoms with Crippen molar-refractivity contribution in [1.29, 1.82) is 0 Å². The molecular formula is C6H3ClN2O2S. The summed E-state index contributed by atoms with van der Waals surface area (Å²) in [7, 11) is 1.18. The number of hydrogen-bond donors (Lipinski definition) is 0. The van der Waals surface area contributed by atoms with Crippen molar-refractivity contribution in [2.24, 2.45) is 0 Å². The Kier molecular flexibility index (Phi) is 2.31. The van der Waals surface area contributed by atoms with Gasteiger partial charge in [-0.1, -0.05) is 0 Å². The van der Waals surface area contributed by atoms with Crippen molar-refractivity contribution in [2.45, 2.75) is 5.03 Å². The second kappa shape index (κ2) is 3.09. The fraction of sp³-hybridized carbons (Fsp3) is 0. The highest BCUT2D eigenvalue weighted by Crippen LogP contribution is 2.17. The highest BCUT2D eigenvalue weighted by molar-refractivity contribution is 8.13. The molecule has 0 unspecified atom stereocenters. The maximum absolute atomic E-state index is 10.7. The summed E-state index contributed by atoms with van der Waals surface area (Å²) in [5, 5.41) is -0.294. The lowest BCUT2D eigenvalue weighted by Crippen LogP contribution is -1.92. The average Bonchev–Trinajstić information content (AvgIpc) is 2.03. The van der Waals surface area contributed by atoms with Crippen LogP contribution in [0.25, 0.3) is 4.85 Å². The molecule has 0 saturated heterocycles. The Bertz CT molecular complexity index is 435. The van der Waals surface area contributed by atoms with Crippen LogP contribution in [-0.2, 0) is 9.05 Å². The summed E-state index contributed by atoms with van der Waals surface area (Å²) < 4.78 is 21.4. The van der Waals surface area contributed by atoms with Gasteiger partial charge < -0.3 is 0 Å². The normalized spacial score (nSPS) is 10.7. The summed E-state index contributed by atoms with van der Waals surface area (Å²) in [5.41, 5.74) is 0.198. The molecular weight excluding hydrogens is 200 g/mol. The van der Waals surface area contributed by atoms with Crippen molar-refractivity contribution < 1.29 is 8.42 Å². The molecule has 4 nitrogen and oxygen atoms in total. The molecule has 62 valence electrons. The summed E-state index contributed by atoms with van der Waals surface area (Å²) in [4.78, 5) is 6.53. The number of halogens is 1. The van der Waals surface area contributed by atoms with Gasteiger partial charge in [0.2, 0.25) is 0 Å². The Morgan fingerprint density at radius 2 is 2.25 bits per heavy atom. The second-order valence-electron chi connectivity index (χ2n) is 1.90. The fourth-order valence-electron chi connectivity index (χ4n) is 0.602. The SMILES string of the molecule is [C-]#[N+]c1ccnc(S(=O)(=O)Cl)c1. The minimum atomic E-state index is -3.82. The predicted octanol–water partition coefficient (Wildman–Crippen LogP) is 1.56. The zero-order valence-electron chi connectivity index (χ0n) is 5.73. The van der Waals surface area contributed by atoms with Gasteiger partial charge in [0.1, 0.15) is 0 Å². The van der Waals surface area contributed by atoms with E-state index in [1.54, 1.807) is 0 Å². The molecule has 0 saturated carbocycles. The molecule has 0 atom stereocenters. The molecule has 0 aliphatic heterocycles. The van der Waals surface area contributed by atoms with Crippen LogP contribution < -0.4 is 0 Å². The van der Waals surface area contributed by atoms with Crippen LogP contribution >= 0.6 is 10.7 Å². The van der Waals surface area contributed by atoms with Crippen LogP contribution in [0.5, 0.6) is 0 Å². The molecule has 12 heavy (non-hydrogen) atoms. The van der Waals surface area contributed by atoms with Gasteiger partial charge in [-0.25, -0.2) is 18.2 Å². The zero-order chi connectivity index (χ0) is 9.19. The van der Waals surface area contributed by atoms with Crippen molar-refractivity contribution in [1.82, 2.24) is 4.98 Å². The third-order valence-electron chi connectivity index (χ3n) is 1.10. The van der Waals surface area contributed by atoms with Crippen molar-refractivity contribution in [3.8, 4) is 0 Å². The van der Waals surface area contributed by atoms with E-state index in [-0.39, 0.29) is 10.7 Å². The van der Waals surface area contributed by atoms with Gasteiger partial charge in [0.25, 0.3) is 9.05 Å². The molecule has 0 aliphatic rings. The van der Waals surface area contributed by atoms with E-state index >= 15 is 0 Å². The molecule has 0 fully saturated rings. The zero-order valence-corrected chi connectivity index (χ0v) is 7.30. The highest BCUT2D eigenvalue weighted by Gasteiger charge is 2.11. The minimum Gasteiger partial charge on any atom is -0.246 e. The maximum Gasteiger partial charge on any atom is 0.277 e. The number of aromatic nitrogens is 1. The van der Waals surface area contributed by atoms with Crippen LogP contribution in [0.3, 0.4) is 0 Å². The molecule has 0 aromatic carbocycles. The lowest BCUT2D eigenvalue weighted by atomic mass is 10.4. The summed E-state index contributed by atoms with van der Waals surface area (Å²) in [6.07, 6.45) is 1.22. The molecule has 0 amide bonds. The smallest absolute Gasteiger partial charge is 0.246 e.